The molecule has 1 atom stereocenters. The van der Waals surface area contributed by atoms with Crippen LogP contribution in [0, 0.1) is 6.92 Å². The Labute approximate surface area is 242 Å². The van der Waals surface area contributed by atoms with Gasteiger partial charge in [-0.2, -0.15) is 0 Å². The SMILES string of the molecule is Cc1ccc(OCC(Cc2ccccc2)NC(=O)OC(C)(C)C)cc1C(=O)NC1(c2cccc3ccccc23)CC1. The molecule has 4 aromatic rings. The Morgan fingerprint density at radius 3 is 2.34 bits per heavy atom. The number of alkyl carbamates (subject to hydrolysis) is 1. The molecule has 4 aromatic carbocycles. The average molecular weight is 551 g/mol. The zero-order valence-electron chi connectivity index (χ0n) is 24.2. The number of rotatable bonds is 9. The number of aryl methyl sites for hydroxylation is 1. The highest BCUT2D eigenvalue weighted by atomic mass is 16.6. The topological polar surface area (TPSA) is 76.7 Å². The Morgan fingerprint density at radius 1 is 0.902 bits per heavy atom. The zero-order chi connectivity index (χ0) is 29.0. The molecule has 1 saturated carbocycles. The van der Waals surface area contributed by atoms with Crippen LogP contribution in [0.3, 0.4) is 0 Å². The van der Waals surface area contributed by atoms with Crippen LogP contribution >= 0.6 is 0 Å². The summed E-state index contributed by atoms with van der Waals surface area (Å²) in [6.07, 6.45) is 1.89. The summed E-state index contributed by atoms with van der Waals surface area (Å²) < 4.78 is 11.6. The smallest absolute Gasteiger partial charge is 0.408 e. The molecule has 0 heterocycles. The van der Waals surface area contributed by atoms with Gasteiger partial charge in [-0.15, -0.1) is 0 Å². The van der Waals surface area contributed by atoms with Gasteiger partial charge in [-0.1, -0.05) is 78.9 Å². The van der Waals surface area contributed by atoms with E-state index in [0.717, 1.165) is 29.5 Å². The first-order valence-electron chi connectivity index (χ1n) is 14.2. The lowest BCUT2D eigenvalue weighted by Gasteiger charge is -2.24. The number of hydrogen-bond acceptors (Lipinski definition) is 4. The molecule has 0 bridgehead atoms. The van der Waals surface area contributed by atoms with Gasteiger partial charge in [0.1, 0.15) is 18.0 Å². The second kappa shape index (κ2) is 11.7. The van der Waals surface area contributed by atoms with Crippen LogP contribution < -0.4 is 15.4 Å². The van der Waals surface area contributed by atoms with Crippen molar-refractivity contribution in [1.82, 2.24) is 10.6 Å². The molecule has 6 nitrogen and oxygen atoms in total. The molecule has 1 aliphatic rings. The van der Waals surface area contributed by atoms with Crippen molar-refractivity contribution in [2.24, 2.45) is 0 Å². The van der Waals surface area contributed by atoms with Crippen molar-refractivity contribution in [3.8, 4) is 5.75 Å². The van der Waals surface area contributed by atoms with Crippen LogP contribution in [0.1, 0.15) is 60.7 Å². The predicted molar refractivity (Wildman–Crippen MR) is 162 cm³/mol. The van der Waals surface area contributed by atoms with Gasteiger partial charge in [0, 0.05) is 5.56 Å². The molecule has 0 radical (unpaired) electrons. The summed E-state index contributed by atoms with van der Waals surface area (Å²) in [5.74, 6) is 0.450. The average Bonchev–Trinajstić information content (AvgIpc) is 3.71. The van der Waals surface area contributed by atoms with E-state index in [4.69, 9.17) is 9.47 Å². The number of benzene rings is 4. The lowest BCUT2D eigenvalue weighted by atomic mass is 9.96. The third-order valence-electron chi connectivity index (χ3n) is 7.36. The van der Waals surface area contributed by atoms with E-state index in [1.54, 1.807) is 6.07 Å². The normalized spacial score (nSPS) is 14.6. The first-order valence-corrected chi connectivity index (χ1v) is 14.2. The Bertz CT molecular complexity index is 1530. The second-order valence-corrected chi connectivity index (χ2v) is 11.9. The highest BCUT2D eigenvalue weighted by Gasteiger charge is 2.46. The summed E-state index contributed by atoms with van der Waals surface area (Å²) in [5, 5.41) is 8.62. The molecule has 0 aromatic heterocycles. The van der Waals surface area contributed by atoms with Crippen LogP contribution in [0.2, 0.25) is 0 Å². The number of carbonyl (C=O) groups is 2. The van der Waals surface area contributed by atoms with E-state index >= 15 is 0 Å². The first-order chi connectivity index (χ1) is 19.6. The fourth-order valence-corrected chi connectivity index (χ4v) is 5.17. The van der Waals surface area contributed by atoms with Gasteiger partial charge in [-0.3, -0.25) is 4.79 Å². The van der Waals surface area contributed by atoms with Gasteiger partial charge >= 0.3 is 6.09 Å². The van der Waals surface area contributed by atoms with Crippen LogP contribution in [0.5, 0.6) is 5.75 Å². The van der Waals surface area contributed by atoms with E-state index in [1.807, 2.05) is 82.3 Å². The van der Waals surface area contributed by atoms with Crippen LogP contribution in [0.25, 0.3) is 10.8 Å². The molecule has 0 spiro atoms. The zero-order valence-corrected chi connectivity index (χ0v) is 24.2. The highest BCUT2D eigenvalue weighted by Crippen LogP contribution is 2.48. The van der Waals surface area contributed by atoms with Crippen LogP contribution in [-0.2, 0) is 16.7 Å². The van der Waals surface area contributed by atoms with Gasteiger partial charge in [0.15, 0.2) is 0 Å². The van der Waals surface area contributed by atoms with Crippen molar-refractivity contribution in [1.29, 1.82) is 0 Å². The summed E-state index contributed by atoms with van der Waals surface area (Å²) in [7, 11) is 0. The van der Waals surface area contributed by atoms with Crippen molar-refractivity contribution in [3.05, 3.63) is 113 Å². The fourth-order valence-electron chi connectivity index (χ4n) is 5.17. The summed E-state index contributed by atoms with van der Waals surface area (Å²) in [5.41, 5.74) is 2.71. The lowest BCUT2D eigenvalue weighted by molar-refractivity contribution is 0.0487. The first kappa shape index (κ1) is 28.2. The molecular formula is C35H38N2O4. The summed E-state index contributed by atoms with van der Waals surface area (Å²) in [6, 6.07) is 29.7. The van der Waals surface area contributed by atoms with Crippen LogP contribution in [0.4, 0.5) is 4.79 Å². The molecule has 2 amide bonds. The molecule has 1 unspecified atom stereocenters. The number of ether oxygens (including phenoxy) is 2. The van der Waals surface area contributed by atoms with E-state index in [2.05, 4.69) is 41.0 Å². The van der Waals surface area contributed by atoms with Crippen molar-refractivity contribution >= 4 is 22.8 Å². The number of carbonyl (C=O) groups excluding carboxylic acids is 2. The van der Waals surface area contributed by atoms with Gasteiger partial charge in [0.2, 0.25) is 0 Å². The number of amides is 2. The Kier molecular flexibility index (Phi) is 8.02. The van der Waals surface area contributed by atoms with E-state index in [-0.39, 0.29) is 24.1 Å². The maximum atomic E-state index is 13.6. The summed E-state index contributed by atoms with van der Waals surface area (Å²) in [4.78, 5) is 26.2. The Hall–Kier alpha value is -4.32. The van der Waals surface area contributed by atoms with E-state index in [0.29, 0.717) is 17.7 Å². The third kappa shape index (κ3) is 7.07. The highest BCUT2D eigenvalue weighted by molar-refractivity contribution is 5.97. The number of nitrogens with one attached hydrogen (secondary N) is 2. The van der Waals surface area contributed by atoms with Gasteiger partial charge in [-0.25, -0.2) is 4.79 Å². The molecule has 41 heavy (non-hydrogen) atoms. The maximum Gasteiger partial charge on any atom is 0.408 e. The molecular weight excluding hydrogens is 512 g/mol. The van der Waals surface area contributed by atoms with Crippen molar-refractivity contribution in [2.75, 3.05) is 6.61 Å². The van der Waals surface area contributed by atoms with E-state index < -0.39 is 11.7 Å². The van der Waals surface area contributed by atoms with Gasteiger partial charge in [-0.05, 0) is 86.6 Å². The second-order valence-electron chi connectivity index (χ2n) is 11.9. The van der Waals surface area contributed by atoms with Crippen molar-refractivity contribution < 1.29 is 19.1 Å². The molecule has 2 N–H and O–H groups in total. The summed E-state index contributed by atoms with van der Waals surface area (Å²) >= 11 is 0. The summed E-state index contributed by atoms with van der Waals surface area (Å²) in [6.45, 7) is 7.65. The number of hydrogen-bond donors (Lipinski definition) is 2. The van der Waals surface area contributed by atoms with E-state index in [9.17, 15) is 9.59 Å². The third-order valence-corrected chi connectivity index (χ3v) is 7.36. The lowest BCUT2D eigenvalue weighted by Crippen LogP contribution is -2.43. The minimum Gasteiger partial charge on any atom is -0.491 e. The Morgan fingerprint density at radius 2 is 1.61 bits per heavy atom. The van der Waals surface area contributed by atoms with Gasteiger partial charge in [0.05, 0.1) is 11.6 Å². The van der Waals surface area contributed by atoms with Crippen molar-refractivity contribution in [3.63, 3.8) is 0 Å². The molecule has 212 valence electrons. The van der Waals surface area contributed by atoms with Crippen molar-refractivity contribution in [2.45, 2.75) is 64.1 Å². The van der Waals surface area contributed by atoms with Gasteiger partial charge in [0.25, 0.3) is 5.91 Å². The van der Waals surface area contributed by atoms with Crippen LogP contribution in [0.15, 0.2) is 91.0 Å². The molecule has 6 heteroatoms. The molecule has 0 aliphatic heterocycles. The maximum absolute atomic E-state index is 13.6. The quantitative estimate of drug-likeness (QED) is 0.233. The minimum atomic E-state index is -0.605. The Balaban J connectivity index is 1.30. The van der Waals surface area contributed by atoms with Gasteiger partial charge < -0.3 is 20.1 Å². The molecule has 0 saturated heterocycles. The monoisotopic (exact) mass is 550 g/mol. The van der Waals surface area contributed by atoms with E-state index in [1.165, 1.54) is 10.8 Å². The molecule has 1 fully saturated rings. The standard InChI is InChI=1S/C35H38N2O4/c1-24-17-18-28(40-23-27(21-25-11-6-5-7-12-25)36-33(39)41-34(2,3)4)22-30(24)32(38)37-35(19-20-35)31-16-10-14-26-13-8-9-15-29(26)31/h5-18,22,27H,19-21,23H2,1-4H3,(H,36,39)(H,37,38). The largest absolute Gasteiger partial charge is 0.491 e. The predicted octanol–water partition coefficient (Wildman–Crippen LogP) is 7.08. The number of fused-ring (bicyclic) bond motifs is 1. The molecule has 1 aliphatic carbocycles. The fraction of sp³-hybridized carbons (Fsp3) is 0.314. The molecule has 5 rings (SSSR count). The van der Waals surface area contributed by atoms with Crippen LogP contribution in [-0.4, -0.2) is 30.3 Å². The minimum absolute atomic E-state index is 0.119.